The zero-order valence-corrected chi connectivity index (χ0v) is 19.3. The molecule has 1 aliphatic rings. The molecule has 0 aliphatic heterocycles. The Balaban J connectivity index is 1.80. The van der Waals surface area contributed by atoms with Crippen LogP contribution in [-0.4, -0.2) is 26.7 Å². The summed E-state index contributed by atoms with van der Waals surface area (Å²) in [6.07, 6.45) is 13.2. The summed E-state index contributed by atoms with van der Waals surface area (Å²) in [4.78, 5) is 38.9. The molecule has 2 N–H and O–H groups in total. The second-order valence-electron chi connectivity index (χ2n) is 8.83. The summed E-state index contributed by atoms with van der Waals surface area (Å²) in [6, 6.07) is -0.192. The molecule has 7 nitrogen and oxygen atoms in total. The zero-order chi connectivity index (χ0) is 22.6. The molecule has 0 radical (unpaired) electrons. The van der Waals surface area contributed by atoms with Crippen molar-refractivity contribution in [2.45, 2.75) is 122 Å². The zero-order valence-electron chi connectivity index (χ0n) is 19.3. The Labute approximate surface area is 185 Å². The monoisotopic (exact) mass is 436 g/mol. The molecule has 2 rings (SSSR count). The number of hydrogen-bond donors (Lipinski definition) is 2. The van der Waals surface area contributed by atoms with Crippen molar-refractivity contribution in [3.63, 3.8) is 0 Å². The number of aromatic amines is 1. The molecule has 0 bridgehead atoms. The lowest BCUT2D eigenvalue weighted by molar-refractivity contribution is -0.151. The topological polar surface area (TPSA) is 101 Å². The van der Waals surface area contributed by atoms with Gasteiger partial charge in [0.2, 0.25) is 5.88 Å². The molecule has 1 fully saturated rings. The molecule has 1 aromatic rings. The van der Waals surface area contributed by atoms with Crippen LogP contribution in [0.1, 0.15) is 115 Å². The largest absolute Gasteiger partial charge is 0.494 e. The van der Waals surface area contributed by atoms with Crippen LogP contribution in [-0.2, 0) is 16.0 Å². The van der Waals surface area contributed by atoms with E-state index >= 15 is 0 Å². The standard InChI is InChI=1S/C24H40N2O5/c1-3-5-7-8-9-10-11-13-21(27)31-19-16-14-18(15-17-19)26-23(29)20(12-6-4-2)22(28)25-24(26)30/h18-19,29H,3-17H2,1-2H3,(H,25,28,30). The quantitative estimate of drug-likeness (QED) is 0.343. The molecule has 1 heterocycles. The van der Waals surface area contributed by atoms with Gasteiger partial charge in [0.15, 0.2) is 0 Å². The highest BCUT2D eigenvalue weighted by molar-refractivity contribution is 5.69. The molecule has 0 amide bonds. The first-order valence-corrected chi connectivity index (χ1v) is 12.2. The van der Waals surface area contributed by atoms with Crippen molar-refractivity contribution in [1.29, 1.82) is 0 Å². The normalized spacial score (nSPS) is 18.8. The van der Waals surface area contributed by atoms with Crippen LogP contribution < -0.4 is 11.2 Å². The van der Waals surface area contributed by atoms with Crippen LogP contribution in [0.15, 0.2) is 9.59 Å². The number of nitrogens with one attached hydrogen (secondary N) is 1. The van der Waals surface area contributed by atoms with Gasteiger partial charge in [-0.05, 0) is 44.9 Å². The van der Waals surface area contributed by atoms with Crippen molar-refractivity contribution in [2.24, 2.45) is 0 Å². The molecular weight excluding hydrogens is 396 g/mol. The van der Waals surface area contributed by atoms with Crippen molar-refractivity contribution in [3.8, 4) is 5.88 Å². The Morgan fingerprint density at radius 2 is 1.58 bits per heavy atom. The highest BCUT2D eigenvalue weighted by atomic mass is 16.5. The van der Waals surface area contributed by atoms with E-state index in [9.17, 15) is 19.5 Å². The van der Waals surface area contributed by atoms with Crippen LogP contribution in [0, 0.1) is 0 Å². The fraction of sp³-hybridized carbons (Fsp3) is 0.792. The second-order valence-corrected chi connectivity index (χ2v) is 8.83. The summed E-state index contributed by atoms with van der Waals surface area (Å²) in [5.74, 6) is -0.343. The lowest BCUT2D eigenvalue weighted by Gasteiger charge is -2.30. The predicted molar refractivity (Wildman–Crippen MR) is 122 cm³/mol. The summed E-state index contributed by atoms with van der Waals surface area (Å²) < 4.78 is 6.95. The number of aromatic nitrogens is 2. The molecule has 7 heteroatoms. The Hall–Kier alpha value is -2.05. The van der Waals surface area contributed by atoms with Crippen LogP contribution in [0.4, 0.5) is 0 Å². The molecule has 0 unspecified atom stereocenters. The number of unbranched alkanes of at least 4 members (excludes halogenated alkanes) is 7. The van der Waals surface area contributed by atoms with Crippen molar-refractivity contribution >= 4 is 5.97 Å². The van der Waals surface area contributed by atoms with E-state index in [1.807, 2.05) is 6.92 Å². The van der Waals surface area contributed by atoms with Crippen molar-refractivity contribution in [2.75, 3.05) is 0 Å². The third-order valence-corrected chi connectivity index (χ3v) is 6.28. The SMILES string of the molecule is CCCCCCCCCC(=O)OC1CCC(n2c(O)c(CCCC)c(=O)[nH]c2=O)CC1. The number of esters is 1. The lowest BCUT2D eigenvalue weighted by Crippen LogP contribution is -2.36. The summed E-state index contributed by atoms with van der Waals surface area (Å²) in [5.41, 5.74) is -0.785. The average Bonchev–Trinajstić information content (AvgIpc) is 2.74. The summed E-state index contributed by atoms with van der Waals surface area (Å²) in [7, 11) is 0. The Morgan fingerprint density at radius 1 is 0.968 bits per heavy atom. The number of ether oxygens (including phenoxy) is 1. The highest BCUT2D eigenvalue weighted by Gasteiger charge is 2.28. The van der Waals surface area contributed by atoms with E-state index in [2.05, 4.69) is 11.9 Å². The number of rotatable bonds is 13. The van der Waals surface area contributed by atoms with Crippen molar-refractivity contribution in [3.05, 3.63) is 26.4 Å². The van der Waals surface area contributed by atoms with Gasteiger partial charge in [-0.3, -0.25) is 19.1 Å². The first-order chi connectivity index (χ1) is 15.0. The van der Waals surface area contributed by atoms with E-state index in [0.717, 1.165) is 25.7 Å². The first kappa shape index (κ1) is 25.2. The molecule has 1 aliphatic carbocycles. The highest BCUT2D eigenvalue weighted by Crippen LogP contribution is 2.32. The van der Waals surface area contributed by atoms with E-state index in [1.165, 1.54) is 36.7 Å². The van der Waals surface area contributed by atoms with Gasteiger partial charge in [0.25, 0.3) is 5.56 Å². The number of carbonyl (C=O) groups is 1. The number of carbonyl (C=O) groups excluding carboxylic acids is 1. The minimum absolute atomic E-state index is 0.131. The molecule has 1 saturated carbocycles. The van der Waals surface area contributed by atoms with Gasteiger partial charge in [0.1, 0.15) is 6.10 Å². The van der Waals surface area contributed by atoms with Crippen LogP contribution in [0.25, 0.3) is 0 Å². The van der Waals surface area contributed by atoms with Gasteiger partial charge in [-0.25, -0.2) is 4.79 Å². The van der Waals surface area contributed by atoms with Crippen LogP contribution in [0.5, 0.6) is 5.88 Å². The van der Waals surface area contributed by atoms with Gasteiger partial charge in [-0.2, -0.15) is 0 Å². The molecule has 0 aromatic carbocycles. The van der Waals surface area contributed by atoms with E-state index < -0.39 is 11.2 Å². The number of hydrogen-bond acceptors (Lipinski definition) is 5. The molecule has 0 atom stereocenters. The molecule has 0 saturated heterocycles. The van der Waals surface area contributed by atoms with E-state index in [0.29, 0.717) is 38.5 Å². The maximum Gasteiger partial charge on any atom is 0.331 e. The third kappa shape index (κ3) is 7.86. The maximum absolute atomic E-state index is 12.3. The van der Waals surface area contributed by atoms with Crippen LogP contribution >= 0.6 is 0 Å². The van der Waals surface area contributed by atoms with E-state index in [1.54, 1.807) is 0 Å². The van der Waals surface area contributed by atoms with Crippen molar-refractivity contribution < 1.29 is 14.6 Å². The Morgan fingerprint density at radius 3 is 2.23 bits per heavy atom. The molecule has 176 valence electrons. The van der Waals surface area contributed by atoms with Crippen molar-refractivity contribution in [1.82, 2.24) is 9.55 Å². The van der Waals surface area contributed by atoms with Crippen LogP contribution in [0.2, 0.25) is 0 Å². The smallest absolute Gasteiger partial charge is 0.331 e. The fourth-order valence-electron chi connectivity index (χ4n) is 4.39. The average molecular weight is 437 g/mol. The molecule has 31 heavy (non-hydrogen) atoms. The summed E-state index contributed by atoms with van der Waals surface area (Å²) in [5, 5.41) is 10.6. The summed E-state index contributed by atoms with van der Waals surface area (Å²) >= 11 is 0. The molecule has 1 aromatic heterocycles. The van der Waals surface area contributed by atoms with Crippen LogP contribution in [0.3, 0.4) is 0 Å². The van der Waals surface area contributed by atoms with Gasteiger partial charge in [-0.15, -0.1) is 0 Å². The number of H-pyrrole nitrogens is 1. The van der Waals surface area contributed by atoms with E-state index in [4.69, 9.17) is 4.74 Å². The predicted octanol–water partition coefficient (Wildman–Crippen LogP) is 4.75. The second kappa shape index (κ2) is 13.4. The maximum atomic E-state index is 12.3. The minimum Gasteiger partial charge on any atom is -0.494 e. The minimum atomic E-state index is -0.567. The van der Waals surface area contributed by atoms with Gasteiger partial charge < -0.3 is 9.84 Å². The Bertz CT molecular complexity index is 790. The van der Waals surface area contributed by atoms with Gasteiger partial charge in [0.05, 0.1) is 5.56 Å². The number of nitrogens with zero attached hydrogens (tertiary/aromatic N) is 1. The fourth-order valence-corrected chi connectivity index (χ4v) is 4.39. The molecule has 0 spiro atoms. The summed E-state index contributed by atoms with van der Waals surface area (Å²) in [6.45, 7) is 4.22. The van der Waals surface area contributed by atoms with Gasteiger partial charge in [-0.1, -0.05) is 58.8 Å². The third-order valence-electron chi connectivity index (χ3n) is 6.28. The Kier molecular flexibility index (Phi) is 10.9. The van der Waals surface area contributed by atoms with E-state index in [-0.39, 0.29) is 29.6 Å². The number of aromatic hydroxyl groups is 1. The van der Waals surface area contributed by atoms with Gasteiger partial charge in [0, 0.05) is 12.5 Å². The first-order valence-electron chi connectivity index (χ1n) is 12.2. The molecular formula is C24H40N2O5. The lowest BCUT2D eigenvalue weighted by atomic mass is 9.92. The van der Waals surface area contributed by atoms with Gasteiger partial charge >= 0.3 is 11.7 Å².